The van der Waals surface area contributed by atoms with Crippen LogP contribution in [0.15, 0.2) is 147 Å². The highest BCUT2D eigenvalue weighted by molar-refractivity contribution is 6.25. The molecule has 0 amide bonds. The predicted molar refractivity (Wildman–Crippen MR) is 174 cm³/mol. The summed E-state index contributed by atoms with van der Waals surface area (Å²) in [5.74, 6) is 0. The summed E-state index contributed by atoms with van der Waals surface area (Å²) in [6.07, 6.45) is 4.19. The lowest BCUT2D eigenvalue weighted by molar-refractivity contribution is -0.671. The van der Waals surface area contributed by atoms with Crippen molar-refractivity contribution < 1.29 is 4.57 Å². The summed E-state index contributed by atoms with van der Waals surface area (Å²) in [6.45, 7) is 9.21. The molecule has 0 spiro atoms. The van der Waals surface area contributed by atoms with Crippen LogP contribution in [-0.2, 0) is 6.54 Å². The molecule has 2 heterocycles. The maximum atomic E-state index is 4.32. The molecule has 0 N–H and O–H groups in total. The minimum atomic E-state index is 0.873. The van der Waals surface area contributed by atoms with E-state index in [0.717, 1.165) is 17.7 Å². The fourth-order valence-electron chi connectivity index (χ4n) is 6.68. The fourth-order valence-corrected chi connectivity index (χ4v) is 6.68. The second kappa shape index (κ2) is 9.15. The average Bonchev–Trinajstić information content (AvgIpc) is 3.41. The summed E-state index contributed by atoms with van der Waals surface area (Å²) in [6, 6.07) is 44.2. The lowest BCUT2D eigenvalue weighted by atomic mass is 9.88. The van der Waals surface area contributed by atoms with Crippen LogP contribution in [0.1, 0.15) is 11.1 Å². The number of hydrogen-bond acceptors (Lipinski definition) is 0. The largest absolute Gasteiger partial charge is 0.213 e. The van der Waals surface area contributed by atoms with Gasteiger partial charge in [0.25, 0.3) is 0 Å². The maximum absolute atomic E-state index is 4.32. The van der Waals surface area contributed by atoms with Gasteiger partial charge < -0.3 is 0 Å². The molecule has 1 aliphatic heterocycles. The number of hydrogen-bond donors (Lipinski definition) is 0. The Kier molecular flexibility index (Phi) is 5.27. The van der Waals surface area contributed by atoms with Crippen molar-refractivity contribution in [3.8, 4) is 33.5 Å². The number of allylic oxidation sites excluding steroid dienone is 2. The second-order valence-corrected chi connectivity index (χ2v) is 10.9. The molecule has 6 aromatic carbocycles. The Morgan fingerprint density at radius 1 is 0.561 bits per heavy atom. The Morgan fingerprint density at radius 2 is 1.15 bits per heavy atom. The Labute approximate surface area is 240 Å². The molecular weight excluding hydrogens is 494 g/mol. The van der Waals surface area contributed by atoms with Crippen LogP contribution < -0.4 is 4.57 Å². The molecule has 1 aromatic heterocycles. The molecule has 1 aliphatic rings. The monoisotopic (exact) mass is 522 g/mol. The van der Waals surface area contributed by atoms with Gasteiger partial charge in [-0.1, -0.05) is 122 Å². The van der Waals surface area contributed by atoms with E-state index in [0.29, 0.717) is 0 Å². The van der Waals surface area contributed by atoms with Crippen molar-refractivity contribution in [2.45, 2.75) is 6.54 Å². The zero-order chi connectivity index (χ0) is 27.5. The number of nitrogens with zero attached hydrogens (tertiary/aromatic N) is 1. The topological polar surface area (TPSA) is 3.88 Å². The zero-order valence-electron chi connectivity index (χ0n) is 22.8. The van der Waals surface area contributed by atoms with Gasteiger partial charge in [-0.15, -0.1) is 0 Å². The maximum Gasteiger partial charge on any atom is 0.213 e. The van der Waals surface area contributed by atoms with Gasteiger partial charge in [0.05, 0.1) is 11.1 Å². The van der Waals surface area contributed by atoms with Crippen LogP contribution in [0.5, 0.6) is 0 Å². The standard InChI is InChI=1S/C40H28N/c1-3-26(2)29-13-6-7-15-31(29)39-25-41-24-28-12-4-5-14-30(28)40(41)23-37(39)27-20-21-36-34-18-9-8-16-32(34)33-17-10-11-19-35(33)38(36)22-27/h3-23,25H,1-2,24H2/q+1. The predicted octanol–water partition coefficient (Wildman–Crippen LogP) is 10.00. The van der Waals surface area contributed by atoms with Crippen molar-refractivity contribution in [1.29, 1.82) is 0 Å². The van der Waals surface area contributed by atoms with Crippen molar-refractivity contribution in [1.82, 2.24) is 0 Å². The summed E-state index contributed by atoms with van der Waals surface area (Å²) in [7, 11) is 0. The van der Waals surface area contributed by atoms with Crippen LogP contribution >= 0.6 is 0 Å². The second-order valence-electron chi connectivity index (χ2n) is 10.9. The molecule has 192 valence electrons. The van der Waals surface area contributed by atoms with Crippen molar-refractivity contribution in [2.24, 2.45) is 0 Å². The van der Waals surface area contributed by atoms with Gasteiger partial charge in [0.15, 0.2) is 12.7 Å². The minimum Gasteiger partial charge on any atom is -0.193 e. The third kappa shape index (κ3) is 3.59. The van der Waals surface area contributed by atoms with E-state index >= 15 is 0 Å². The number of aromatic nitrogens is 1. The van der Waals surface area contributed by atoms with Gasteiger partial charge in [-0.3, -0.25) is 0 Å². The van der Waals surface area contributed by atoms with Gasteiger partial charge in [-0.05, 0) is 66.7 Å². The molecule has 0 bridgehead atoms. The van der Waals surface area contributed by atoms with Gasteiger partial charge in [-0.2, -0.15) is 4.57 Å². The van der Waals surface area contributed by atoms with E-state index in [4.69, 9.17) is 0 Å². The van der Waals surface area contributed by atoms with Gasteiger partial charge in [0.1, 0.15) is 0 Å². The quantitative estimate of drug-likeness (QED) is 0.123. The average molecular weight is 523 g/mol. The van der Waals surface area contributed by atoms with Crippen LogP contribution in [0, 0.1) is 0 Å². The Bertz CT molecular complexity index is 2180. The van der Waals surface area contributed by atoms with Crippen LogP contribution in [0.3, 0.4) is 0 Å². The molecule has 8 rings (SSSR count). The summed E-state index contributed by atoms with van der Waals surface area (Å²) in [4.78, 5) is 0. The van der Waals surface area contributed by atoms with Gasteiger partial charge in [0, 0.05) is 17.2 Å². The first kappa shape index (κ1) is 23.6. The van der Waals surface area contributed by atoms with E-state index in [-0.39, 0.29) is 0 Å². The zero-order valence-corrected chi connectivity index (χ0v) is 22.8. The Hall–Kier alpha value is -5.27. The first-order chi connectivity index (χ1) is 20.2. The third-order valence-corrected chi connectivity index (χ3v) is 8.66. The first-order valence-electron chi connectivity index (χ1n) is 14.1. The highest BCUT2D eigenvalue weighted by Crippen LogP contribution is 2.42. The first-order valence-corrected chi connectivity index (χ1v) is 14.1. The van der Waals surface area contributed by atoms with E-state index in [1.807, 2.05) is 6.08 Å². The Balaban J connectivity index is 1.46. The molecular formula is C40H28N+. The van der Waals surface area contributed by atoms with Gasteiger partial charge in [0.2, 0.25) is 5.69 Å². The number of benzene rings is 6. The molecule has 41 heavy (non-hydrogen) atoms. The molecule has 7 aromatic rings. The molecule has 1 nitrogen and oxygen atoms in total. The third-order valence-electron chi connectivity index (χ3n) is 8.66. The van der Waals surface area contributed by atoms with E-state index in [9.17, 15) is 0 Å². The lowest BCUT2D eigenvalue weighted by Gasteiger charge is -2.16. The summed E-state index contributed by atoms with van der Waals surface area (Å²) in [5, 5.41) is 7.72. The van der Waals surface area contributed by atoms with E-state index in [1.54, 1.807) is 0 Å². The van der Waals surface area contributed by atoms with Gasteiger partial charge in [-0.25, -0.2) is 0 Å². The number of fused-ring (bicyclic) bond motifs is 9. The lowest BCUT2D eigenvalue weighted by Crippen LogP contribution is -2.32. The normalized spacial score (nSPS) is 12.0. The number of rotatable bonds is 4. The van der Waals surface area contributed by atoms with Crippen molar-refractivity contribution in [2.75, 3.05) is 0 Å². The molecule has 0 fully saturated rings. The van der Waals surface area contributed by atoms with Crippen molar-refractivity contribution in [3.63, 3.8) is 0 Å². The van der Waals surface area contributed by atoms with Crippen LogP contribution in [-0.4, -0.2) is 0 Å². The highest BCUT2D eigenvalue weighted by atomic mass is 15.0. The van der Waals surface area contributed by atoms with Crippen LogP contribution in [0.4, 0.5) is 0 Å². The summed E-state index contributed by atoms with van der Waals surface area (Å²) in [5.41, 5.74) is 10.7. The fraction of sp³-hybridized carbons (Fsp3) is 0.0250. The summed E-state index contributed by atoms with van der Waals surface area (Å²) >= 11 is 0. The van der Waals surface area contributed by atoms with Crippen LogP contribution in [0.2, 0.25) is 0 Å². The molecule has 1 heteroatoms. The molecule has 0 saturated carbocycles. The SMILES string of the molecule is C=CC(=C)c1ccccc1-c1c[n+]2c(cc1-c1ccc3c4ccccc4c4ccccc4c3c1)-c1ccccc1C2. The van der Waals surface area contributed by atoms with Crippen LogP contribution in [0.25, 0.3) is 71.4 Å². The van der Waals surface area contributed by atoms with E-state index < -0.39 is 0 Å². The van der Waals surface area contributed by atoms with E-state index in [2.05, 4.69) is 145 Å². The minimum absolute atomic E-state index is 0.873. The molecule has 0 saturated heterocycles. The van der Waals surface area contributed by atoms with Gasteiger partial charge >= 0.3 is 0 Å². The van der Waals surface area contributed by atoms with Crippen molar-refractivity contribution >= 4 is 37.9 Å². The highest BCUT2D eigenvalue weighted by Gasteiger charge is 2.29. The molecule has 0 aliphatic carbocycles. The molecule has 0 radical (unpaired) electrons. The summed E-state index contributed by atoms with van der Waals surface area (Å²) < 4.78 is 2.39. The van der Waals surface area contributed by atoms with Crippen molar-refractivity contribution in [3.05, 3.63) is 158 Å². The smallest absolute Gasteiger partial charge is 0.193 e. The number of pyridine rings is 1. The molecule has 0 atom stereocenters. The Morgan fingerprint density at radius 3 is 1.85 bits per heavy atom. The van der Waals surface area contributed by atoms with E-state index in [1.165, 1.54) is 71.4 Å². The molecule has 0 unspecified atom stereocenters.